The molecule has 0 spiro atoms. The van der Waals surface area contributed by atoms with Crippen molar-refractivity contribution in [2.45, 2.75) is 0 Å². The van der Waals surface area contributed by atoms with E-state index in [1.54, 1.807) is 0 Å². The fourth-order valence-electron chi connectivity index (χ4n) is 2.98. The summed E-state index contributed by atoms with van der Waals surface area (Å²) in [5, 5.41) is 24.7. The monoisotopic (exact) mass is 526 g/mol. The molecule has 2 rings (SSSR count). The van der Waals surface area contributed by atoms with Gasteiger partial charge in [0.2, 0.25) is 0 Å². The Morgan fingerprint density at radius 2 is 1.19 bits per heavy atom. The van der Waals surface area contributed by atoms with Crippen molar-refractivity contribution in [3.8, 4) is 0 Å². The van der Waals surface area contributed by atoms with Gasteiger partial charge in [0.15, 0.2) is 0 Å². The highest BCUT2D eigenvalue weighted by molar-refractivity contribution is 6.12. The number of ether oxygens (including phenoxy) is 5. The Morgan fingerprint density at radius 3 is 1.68 bits per heavy atom. The number of nitro groups is 2. The van der Waals surface area contributed by atoms with Gasteiger partial charge in [0.1, 0.15) is 5.69 Å². The zero-order valence-electron chi connectivity index (χ0n) is 20.2. The maximum absolute atomic E-state index is 11.4. The number of carbonyl (C=O) groups excluding carboxylic acids is 2. The lowest BCUT2D eigenvalue weighted by Gasteiger charge is -2.13. The van der Waals surface area contributed by atoms with Crippen molar-refractivity contribution in [3.63, 3.8) is 0 Å². The van der Waals surface area contributed by atoms with Crippen molar-refractivity contribution in [1.82, 2.24) is 4.90 Å². The minimum atomic E-state index is -0.691. The highest BCUT2D eigenvalue weighted by Gasteiger charge is 2.22. The summed E-state index contributed by atoms with van der Waals surface area (Å²) in [6.45, 7) is 3.92. The number of amides is 2. The highest BCUT2D eigenvalue weighted by atomic mass is 16.6. The fourth-order valence-corrected chi connectivity index (χ4v) is 2.98. The Labute approximate surface area is 212 Å². The molecule has 204 valence electrons. The van der Waals surface area contributed by atoms with Crippen LogP contribution in [0.2, 0.25) is 0 Å². The molecule has 1 N–H and O–H groups in total. The van der Waals surface area contributed by atoms with Crippen LogP contribution in [0.25, 0.3) is 0 Å². The van der Waals surface area contributed by atoms with E-state index in [2.05, 4.69) is 5.32 Å². The summed E-state index contributed by atoms with van der Waals surface area (Å²) in [4.78, 5) is 44.3. The molecular formula is C22H30N4O11. The van der Waals surface area contributed by atoms with Crippen LogP contribution in [0, 0.1) is 20.2 Å². The van der Waals surface area contributed by atoms with Crippen molar-refractivity contribution in [2.75, 3.05) is 84.5 Å². The van der Waals surface area contributed by atoms with Gasteiger partial charge in [-0.15, -0.1) is 0 Å². The van der Waals surface area contributed by atoms with E-state index in [1.165, 1.54) is 24.3 Å². The Hall–Kier alpha value is -3.50. The van der Waals surface area contributed by atoms with E-state index in [9.17, 15) is 29.8 Å². The van der Waals surface area contributed by atoms with Crippen LogP contribution in [0.1, 0.15) is 0 Å². The number of nitro benzene ring substituents is 2. The molecule has 0 aromatic heterocycles. The Kier molecular flexibility index (Phi) is 13.7. The van der Waals surface area contributed by atoms with Gasteiger partial charge < -0.3 is 29.0 Å². The normalized spacial score (nSPS) is 12.9. The average Bonchev–Trinajstić information content (AvgIpc) is 3.19. The molecule has 1 heterocycles. The molecule has 0 unspecified atom stereocenters. The number of benzene rings is 1. The molecule has 0 saturated heterocycles. The van der Waals surface area contributed by atoms with E-state index in [0.29, 0.717) is 52.9 Å². The number of hydrogen-bond donors (Lipinski definition) is 1. The van der Waals surface area contributed by atoms with Gasteiger partial charge in [-0.25, -0.2) is 0 Å². The first-order valence-corrected chi connectivity index (χ1v) is 11.5. The molecule has 0 saturated carbocycles. The Morgan fingerprint density at radius 1 is 0.703 bits per heavy atom. The van der Waals surface area contributed by atoms with E-state index in [1.807, 2.05) is 0 Å². The number of anilines is 1. The van der Waals surface area contributed by atoms with Gasteiger partial charge in [-0.3, -0.25) is 34.7 Å². The van der Waals surface area contributed by atoms with Gasteiger partial charge >= 0.3 is 0 Å². The quantitative estimate of drug-likeness (QED) is 0.104. The molecular weight excluding hydrogens is 496 g/mol. The van der Waals surface area contributed by atoms with Crippen LogP contribution in [0.5, 0.6) is 0 Å². The summed E-state index contributed by atoms with van der Waals surface area (Å²) in [6, 6.07) is 3.39. The lowest BCUT2D eigenvalue weighted by molar-refractivity contribution is -0.393. The van der Waals surface area contributed by atoms with Gasteiger partial charge in [0.05, 0.1) is 88.5 Å². The van der Waals surface area contributed by atoms with Crippen LogP contribution in [0.4, 0.5) is 17.1 Å². The van der Waals surface area contributed by atoms with E-state index in [4.69, 9.17) is 23.7 Å². The summed E-state index contributed by atoms with van der Waals surface area (Å²) in [7, 11) is 0. The van der Waals surface area contributed by atoms with E-state index < -0.39 is 9.85 Å². The van der Waals surface area contributed by atoms with Gasteiger partial charge in [-0.1, -0.05) is 0 Å². The fraction of sp³-hybridized carbons (Fsp3) is 0.545. The van der Waals surface area contributed by atoms with Crippen molar-refractivity contribution in [3.05, 3.63) is 50.6 Å². The molecule has 0 bridgehead atoms. The second-order valence-corrected chi connectivity index (χ2v) is 7.37. The van der Waals surface area contributed by atoms with E-state index in [0.717, 1.165) is 11.0 Å². The van der Waals surface area contributed by atoms with Crippen LogP contribution in [-0.4, -0.2) is 106 Å². The van der Waals surface area contributed by atoms with Crippen molar-refractivity contribution in [2.24, 2.45) is 0 Å². The summed E-state index contributed by atoms with van der Waals surface area (Å²) >= 11 is 0. The third kappa shape index (κ3) is 11.4. The number of carbonyl (C=O) groups is 2. The summed E-state index contributed by atoms with van der Waals surface area (Å²) < 4.78 is 26.8. The van der Waals surface area contributed by atoms with Crippen molar-refractivity contribution < 1.29 is 43.1 Å². The maximum Gasteiger partial charge on any atom is 0.299 e. The number of nitrogens with zero attached hydrogens (tertiary/aromatic N) is 3. The van der Waals surface area contributed by atoms with Crippen LogP contribution in [0.3, 0.4) is 0 Å². The van der Waals surface area contributed by atoms with Crippen LogP contribution >= 0.6 is 0 Å². The summed E-state index contributed by atoms with van der Waals surface area (Å²) in [6.07, 6.45) is 2.46. The van der Waals surface area contributed by atoms with Crippen LogP contribution < -0.4 is 5.32 Å². The molecule has 1 aliphatic rings. The highest BCUT2D eigenvalue weighted by Crippen LogP contribution is 2.28. The molecule has 0 aliphatic carbocycles. The summed E-state index contributed by atoms with van der Waals surface area (Å²) in [5.41, 5.74) is -0.552. The first-order valence-electron chi connectivity index (χ1n) is 11.5. The second-order valence-electron chi connectivity index (χ2n) is 7.37. The first kappa shape index (κ1) is 29.7. The number of imide groups is 1. The number of nitrogens with one attached hydrogen (secondary N) is 1. The standard InChI is InChI=1S/C22H30N4O11/c27-21-3-4-22(28)24(21)6-8-34-10-12-36-14-16-37-15-13-35-11-9-33-7-5-23-19-2-1-18(25(29)30)17-20(19)26(31)32/h1-4,17,23H,5-16H2. The lowest BCUT2D eigenvalue weighted by Crippen LogP contribution is -2.33. The molecule has 1 aromatic rings. The minimum absolute atomic E-state index is 0.176. The summed E-state index contributed by atoms with van der Waals surface area (Å²) in [5.74, 6) is -0.662. The van der Waals surface area contributed by atoms with Crippen molar-refractivity contribution in [1.29, 1.82) is 0 Å². The predicted octanol–water partition coefficient (Wildman–Crippen LogP) is 0.923. The molecule has 15 nitrogen and oxygen atoms in total. The minimum Gasteiger partial charge on any atom is -0.377 e. The van der Waals surface area contributed by atoms with Crippen LogP contribution in [-0.2, 0) is 33.3 Å². The van der Waals surface area contributed by atoms with Crippen molar-refractivity contribution >= 4 is 28.9 Å². The second kappa shape index (κ2) is 17.0. The average molecular weight is 526 g/mol. The van der Waals surface area contributed by atoms with E-state index >= 15 is 0 Å². The molecule has 2 amide bonds. The molecule has 1 aliphatic heterocycles. The molecule has 0 atom stereocenters. The first-order chi connectivity index (χ1) is 17.9. The molecule has 0 fully saturated rings. The topological polar surface area (TPSA) is 182 Å². The van der Waals surface area contributed by atoms with Crippen LogP contribution in [0.15, 0.2) is 30.4 Å². The predicted molar refractivity (Wildman–Crippen MR) is 128 cm³/mol. The van der Waals surface area contributed by atoms with Gasteiger partial charge in [0, 0.05) is 24.8 Å². The number of non-ortho nitro benzene ring substituents is 1. The largest absolute Gasteiger partial charge is 0.377 e. The lowest BCUT2D eigenvalue weighted by atomic mass is 10.2. The Balaban J connectivity index is 1.35. The van der Waals surface area contributed by atoms with Gasteiger partial charge in [0.25, 0.3) is 23.2 Å². The van der Waals surface area contributed by atoms with Gasteiger partial charge in [-0.2, -0.15) is 0 Å². The molecule has 15 heteroatoms. The zero-order chi connectivity index (χ0) is 26.9. The molecule has 1 aromatic carbocycles. The SMILES string of the molecule is O=C1C=CC(=O)N1CCOCCOCCOCCOCCOCCNc1ccc([N+](=O)[O-])cc1[N+](=O)[O-]. The number of hydrogen-bond acceptors (Lipinski definition) is 12. The number of rotatable bonds is 21. The zero-order valence-corrected chi connectivity index (χ0v) is 20.2. The molecule has 0 radical (unpaired) electrons. The van der Waals surface area contributed by atoms with E-state index in [-0.39, 0.29) is 55.2 Å². The molecule has 37 heavy (non-hydrogen) atoms. The maximum atomic E-state index is 11.4. The Bertz CT molecular complexity index is 923. The van der Waals surface area contributed by atoms with Gasteiger partial charge in [-0.05, 0) is 6.07 Å². The third-order valence-corrected chi connectivity index (χ3v) is 4.80. The third-order valence-electron chi connectivity index (χ3n) is 4.80. The smallest absolute Gasteiger partial charge is 0.299 e.